The van der Waals surface area contributed by atoms with Crippen molar-refractivity contribution in [1.82, 2.24) is 0 Å². The highest BCUT2D eigenvalue weighted by atomic mass is 16.6. The summed E-state index contributed by atoms with van der Waals surface area (Å²) in [6.07, 6.45) is 55.2. The van der Waals surface area contributed by atoms with Gasteiger partial charge in [0.15, 0.2) is 12.1 Å². The number of likely N-dealkylation sites (N-methyl/N-ethyl adjacent to an activating group) is 1. The molecule has 0 rings (SSSR count). The van der Waals surface area contributed by atoms with E-state index in [1.54, 1.807) is 0 Å². The average Bonchev–Trinajstić information content (AvgIpc) is 3.22. The lowest BCUT2D eigenvalue weighted by Gasteiger charge is -2.31. The molecule has 0 aliphatic carbocycles. The fourth-order valence-corrected chi connectivity index (χ4v) is 6.82. The number of unbranched alkanes of at least 4 members (excludes halogenated alkanes) is 17. The zero-order chi connectivity index (χ0) is 44.9. The monoisotopic (exact) mass is 855 g/mol. The summed E-state index contributed by atoms with van der Waals surface area (Å²) < 4.78 is 17.3. The first-order valence-electron chi connectivity index (χ1n) is 24.5. The summed E-state index contributed by atoms with van der Waals surface area (Å²) in [5, 5.41) is 9.64. The number of hydrogen-bond acceptors (Lipinski definition) is 6. The first-order chi connectivity index (χ1) is 29.6. The van der Waals surface area contributed by atoms with Crippen molar-refractivity contribution in [1.29, 1.82) is 0 Å². The second-order valence-corrected chi connectivity index (χ2v) is 17.3. The summed E-state index contributed by atoms with van der Waals surface area (Å²) in [5.74, 6) is -1.52. The SMILES string of the molecule is CC/C=C/C/C=C/C/C=C/C/C=C/C/C=C/CCCCCC(=O)OC(COCCC(C(=O)O)[N+](C)(C)C)COC(=O)CCCCCCC/C=C/CCCCCCCCCCC. The summed E-state index contributed by atoms with van der Waals surface area (Å²) >= 11 is 0. The topological polar surface area (TPSA) is 99.1 Å². The molecule has 61 heavy (non-hydrogen) atoms. The van der Waals surface area contributed by atoms with Crippen molar-refractivity contribution >= 4 is 17.9 Å². The molecule has 1 N–H and O–H groups in total. The highest BCUT2D eigenvalue weighted by molar-refractivity contribution is 5.72. The van der Waals surface area contributed by atoms with Crippen molar-refractivity contribution in [2.75, 3.05) is 41.0 Å². The van der Waals surface area contributed by atoms with Crippen LogP contribution in [0.2, 0.25) is 0 Å². The molecule has 0 amide bonds. The number of hydrogen-bond donors (Lipinski definition) is 1. The lowest BCUT2D eigenvalue weighted by Crippen LogP contribution is -2.50. The minimum absolute atomic E-state index is 0.0419. The number of aliphatic carboxylic acids is 1. The molecule has 2 unspecified atom stereocenters. The Hall–Kier alpha value is -3.23. The molecule has 0 bridgehead atoms. The van der Waals surface area contributed by atoms with Crippen molar-refractivity contribution in [3.8, 4) is 0 Å². The largest absolute Gasteiger partial charge is 0.477 e. The van der Waals surface area contributed by atoms with E-state index in [0.717, 1.165) is 89.9 Å². The Balaban J connectivity index is 4.37. The predicted molar refractivity (Wildman–Crippen MR) is 257 cm³/mol. The van der Waals surface area contributed by atoms with Gasteiger partial charge in [0.2, 0.25) is 0 Å². The summed E-state index contributed by atoms with van der Waals surface area (Å²) in [6.45, 7) is 4.58. The Kier molecular flexibility index (Phi) is 41.1. The van der Waals surface area contributed by atoms with Crippen molar-refractivity contribution < 1.29 is 38.2 Å². The van der Waals surface area contributed by atoms with Crippen LogP contribution < -0.4 is 0 Å². The van der Waals surface area contributed by atoms with Crippen molar-refractivity contribution in [2.24, 2.45) is 0 Å². The lowest BCUT2D eigenvalue weighted by atomic mass is 10.1. The van der Waals surface area contributed by atoms with Gasteiger partial charge in [-0.15, -0.1) is 0 Å². The van der Waals surface area contributed by atoms with E-state index in [2.05, 4.69) is 86.8 Å². The van der Waals surface area contributed by atoms with Crippen LogP contribution in [0.4, 0.5) is 0 Å². The van der Waals surface area contributed by atoms with Gasteiger partial charge in [-0.2, -0.15) is 0 Å². The maximum absolute atomic E-state index is 12.8. The number of carbonyl (C=O) groups is 3. The van der Waals surface area contributed by atoms with Crippen LogP contribution in [-0.2, 0) is 28.6 Å². The van der Waals surface area contributed by atoms with Crippen LogP contribution in [0, 0.1) is 0 Å². The highest BCUT2D eigenvalue weighted by Gasteiger charge is 2.31. The molecular weight excluding hydrogens is 763 g/mol. The van der Waals surface area contributed by atoms with E-state index in [-0.39, 0.29) is 42.7 Å². The summed E-state index contributed by atoms with van der Waals surface area (Å²) in [4.78, 5) is 37.1. The molecule has 0 aromatic carbocycles. The maximum atomic E-state index is 12.8. The Morgan fingerprint density at radius 1 is 0.508 bits per heavy atom. The van der Waals surface area contributed by atoms with Crippen molar-refractivity contribution in [2.45, 2.75) is 206 Å². The fraction of sp³-hybridized carbons (Fsp3) is 0.717. The Labute approximate surface area is 374 Å². The molecule has 8 nitrogen and oxygen atoms in total. The van der Waals surface area contributed by atoms with Gasteiger partial charge in [0.05, 0.1) is 34.4 Å². The number of carbonyl (C=O) groups excluding carboxylic acids is 2. The molecule has 0 saturated carbocycles. The minimum Gasteiger partial charge on any atom is -0.477 e. The molecule has 0 aliphatic rings. The van der Waals surface area contributed by atoms with E-state index in [1.807, 2.05) is 21.1 Å². The number of esters is 2. The molecule has 0 radical (unpaired) electrons. The minimum atomic E-state index is -0.884. The van der Waals surface area contributed by atoms with Crippen LogP contribution in [0.5, 0.6) is 0 Å². The quantitative estimate of drug-likeness (QED) is 0.0282. The highest BCUT2D eigenvalue weighted by Crippen LogP contribution is 2.14. The van der Waals surface area contributed by atoms with E-state index < -0.39 is 18.1 Å². The first kappa shape index (κ1) is 57.8. The van der Waals surface area contributed by atoms with Crippen LogP contribution in [0.15, 0.2) is 72.9 Å². The van der Waals surface area contributed by atoms with Crippen molar-refractivity contribution in [3.05, 3.63) is 72.9 Å². The van der Waals surface area contributed by atoms with Crippen LogP contribution in [0.3, 0.4) is 0 Å². The zero-order valence-corrected chi connectivity index (χ0v) is 39.8. The molecule has 8 heteroatoms. The number of nitrogens with zero attached hydrogens (tertiary/aromatic N) is 1. The van der Waals surface area contributed by atoms with Crippen molar-refractivity contribution in [3.63, 3.8) is 0 Å². The molecule has 0 saturated heterocycles. The zero-order valence-electron chi connectivity index (χ0n) is 39.8. The van der Waals surface area contributed by atoms with Gasteiger partial charge in [0.25, 0.3) is 0 Å². The molecule has 0 aromatic rings. The summed E-state index contributed by atoms with van der Waals surface area (Å²) in [5.41, 5.74) is 0. The van der Waals surface area contributed by atoms with Crippen LogP contribution >= 0.6 is 0 Å². The van der Waals surface area contributed by atoms with Gasteiger partial charge in [-0.25, -0.2) is 4.79 Å². The van der Waals surface area contributed by atoms with Gasteiger partial charge >= 0.3 is 17.9 Å². The summed E-state index contributed by atoms with van der Waals surface area (Å²) in [6, 6.07) is -0.626. The smallest absolute Gasteiger partial charge is 0.362 e. The predicted octanol–water partition coefficient (Wildman–Crippen LogP) is 13.9. The standard InChI is InChI=1S/C53H91NO7/c1-6-8-10-12-14-16-18-20-22-24-26-28-30-32-34-36-38-40-42-44-52(56)61-49(47-59-46-45-50(53(57)58)54(3,4)5)48-60-51(55)43-41-39-37-35-33-31-29-27-25-23-21-19-17-15-13-11-9-7-2/h8,10,14,16,20,22,26-29,32,34,49-50H,6-7,9,11-13,15,17-19,21,23-25,30-31,33,35-48H2,1-5H3/p+1/b10-8+,16-14+,22-20+,28-26+,29-27+,34-32+. The molecule has 0 aliphatic heterocycles. The van der Waals surface area contributed by atoms with Gasteiger partial charge < -0.3 is 23.8 Å². The van der Waals surface area contributed by atoms with Crippen LogP contribution in [-0.4, -0.2) is 80.6 Å². The van der Waals surface area contributed by atoms with Gasteiger partial charge in [-0.05, 0) is 83.5 Å². The van der Waals surface area contributed by atoms with Crippen LogP contribution in [0.1, 0.15) is 194 Å². The lowest BCUT2D eigenvalue weighted by molar-refractivity contribution is -0.887. The summed E-state index contributed by atoms with van der Waals surface area (Å²) in [7, 11) is 5.51. The number of carboxylic acids is 1. The molecule has 0 spiro atoms. The Morgan fingerprint density at radius 3 is 1.39 bits per heavy atom. The van der Waals surface area contributed by atoms with E-state index >= 15 is 0 Å². The maximum Gasteiger partial charge on any atom is 0.362 e. The Bertz CT molecular complexity index is 1230. The number of quaternary nitrogens is 1. The molecular formula is C53H92NO7+. The number of carboxylic acid groups (broad SMARTS) is 1. The molecule has 2 atom stereocenters. The number of rotatable bonds is 43. The molecule has 0 fully saturated rings. The van der Waals surface area contributed by atoms with Gasteiger partial charge in [-0.1, -0.05) is 164 Å². The second kappa shape index (κ2) is 43.4. The third kappa shape index (κ3) is 41.9. The van der Waals surface area contributed by atoms with E-state index in [0.29, 0.717) is 12.8 Å². The van der Waals surface area contributed by atoms with E-state index in [4.69, 9.17) is 14.2 Å². The van der Waals surface area contributed by atoms with E-state index in [9.17, 15) is 19.5 Å². The van der Waals surface area contributed by atoms with E-state index in [1.165, 1.54) is 70.6 Å². The van der Waals surface area contributed by atoms with Gasteiger partial charge in [0.1, 0.15) is 6.61 Å². The third-order valence-corrected chi connectivity index (χ3v) is 10.6. The number of ether oxygens (including phenoxy) is 3. The van der Waals surface area contributed by atoms with Gasteiger partial charge in [0, 0.05) is 19.3 Å². The first-order valence-corrected chi connectivity index (χ1v) is 24.5. The Morgan fingerprint density at radius 2 is 0.918 bits per heavy atom. The fourth-order valence-electron chi connectivity index (χ4n) is 6.82. The third-order valence-electron chi connectivity index (χ3n) is 10.6. The second-order valence-electron chi connectivity index (χ2n) is 17.3. The molecule has 350 valence electrons. The molecule has 0 heterocycles. The normalized spacial score (nSPS) is 13.5. The number of allylic oxidation sites excluding steroid dienone is 12. The van der Waals surface area contributed by atoms with Crippen LogP contribution in [0.25, 0.3) is 0 Å². The average molecular weight is 855 g/mol. The molecule has 0 aromatic heterocycles. The van der Waals surface area contributed by atoms with Gasteiger partial charge in [-0.3, -0.25) is 9.59 Å².